The van der Waals surface area contributed by atoms with Gasteiger partial charge in [-0.25, -0.2) is 0 Å². The highest BCUT2D eigenvalue weighted by molar-refractivity contribution is 5.94. The Hall–Kier alpha value is -2.24. The van der Waals surface area contributed by atoms with Gasteiger partial charge in [-0.05, 0) is 43.5 Å². The number of guanidine groups is 1. The number of carbonyl (C=O) groups excluding carboxylic acids is 1. The Morgan fingerprint density at radius 3 is 2.57 bits per heavy atom. The van der Waals surface area contributed by atoms with Crippen LogP contribution in [0.3, 0.4) is 0 Å². The van der Waals surface area contributed by atoms with E-state index in [-0.39, 0.29) is 11.7 Å². The lowest BCUT2D eigenvalue weighted by Gasteiger charge is -2.27. The summed E-state index contributed by atoms with van der Waals surface area (Å²) < 4.78 is 0. The Bertz CT molecular complexity index is 493. The van der Waals surface area contributed by atoms with Crippen LogP contribution in [-0.4, -0.2) is 48.1 Å². The molecule has 1 aromatic rings. The number of nitrogens with two attached hydrogens (primary N) is 1. The van der Waals surface area contributed by atoms with Gasteiger partial charge in [0.1, 0.15) is 5.75 Å². The van der Waals surface area contributed by atoms with Gasteiger partial charge in [0.25, 0.3) is 5.91 Å². The number of likely N-dealkylation sites (tertiary alicyclic amines) is 1. The number of aromatic hydroxyl groups is 1. The van der Waals surface area contributed by atoms with Crippen molar-refractivity contribution in [3.05, 3.63) is 29.8 Å². The molecule has 21 heavy (non-hydrogen) atoms. The van der Waals surface area contributed by atoms with Crippen LogP contribution in [0.1, 0.15) is 29.6 Å². The highest BCUT2D eigenvalue weighted by Crippen LogP contribution is 2.09. The van der Waals surface area contributed by atoms with Crippen molar-refractivity contribution in [1.29, 1.82) is 0 Å². The van der Waals surface area contributed by atoms with Crippen LogP contribution in [-0.2, 0) is 0 Å². The third kappa shape index (κ3) is 4.66. The molecule has 0 spiro atoms. The van der Waals surface area contributed by atoms with Crippen LogP contribution in [0.2, 0.25) is 0 Å². The molecule has 1 saturated heterocycles. The fourth-order valence-corrected chi connectivity index (χ4v) is 2.28. The molecule has 1 aromatic carbocycles. The van der Waals surface area contributed by atoms with E-state index in [1.54, 1.807) is 12.1 Å². The summed E-state index contributed by atoms with van der Waals surface area (Å²) in [6, 6.07) is 6.13. The number of hydrogen-bond acceptors (Lipinski definition) is 3. The number of rotatable bonds is 4. The van der Waals surface area contributed by atoms with Crippen molar-refractivity contribution in [3.8, 4) is 5.75 Å². The summed E-state index contributed by atoms with van der Waals surface area (Å²) in [5.74, 6) is 0.529. The monoisotopic (exact) mass is 290 g/mol. The molecule has 114 valence electrons. The van der Waals surface area contributed by atoms with Gasteiger partial charge in [0.2, 0.25) is 0 Å². The quantitative estimate of drug-likeness (QED) is 0.437. The van der Waals surface area contributed by atoms with E-state index in [0.29, 0.717) is 24.6 Å². The van der Waals surface area contributed by atoms with Crippen LogP contribution >= 0.6 is 0 Å². The van der Waals surface area contributed by atoms with Crippen LogP contribution in [0.15, 0.2) is 29.3 Å². The van der Waals surface area contributed by atoms with Gasteiger partial charge in [-0.1, -0.05) is 0 Å². The zero-order valence-electron chi connectivity index (χ0n) is 12.1. The van der Waals surface area contributed by atoms with E-state index >= 15 is 0 Å². The molecule has 0 saturated carbocycles. The molecule has 0 aliphatic carbocycles. The fourth-order valence-electron chi connectivity index (χ4n) is 2.28. The van der Waals surface area contributed by atoms with E-state index in [9.17, 15) is 4.79 Å². The number of phenolic OH excluding ortho intramolecular Hbond substituents is 1. The molecule has 1 fully saturated rings. The Morgan fingerprint density at radius 1 is 1.24 bits per heavy atom. The third-order valence-electron chi connectivity index (χ3n) is 3.48. The first-order chi connectivity index (χ1) is 10.2. The average molecular weight is 290 g/mol. The first-order valence-corrected chi connectivity index (χ1v) is 7.29. The molecule has 1 aliphatic heterocycles. The molecular weight excluding hydrogens is 268 g/mol. The molecule has 1 amide bonds. The molecule has 0 bridgehead atoms. The molecule has 0 atom stereocenters. The number of amides is 1. The van der Waals surface area contributed by atoms with Gasteiger partial charge in [0.15, 0.2) is 5.96 Å². The van der Waals surface area contributed by atoms with Crippen LogP contribution in [0, 0.1) is 0 Å². The summed E-state index contributed by atoms with van der Waals surface area (Å²) in [5.41, 5.74) is 6.44. The van der Waals surface area contributed by atoms with Gasteiger partial charge < -0.3 is 21.1 Å². The molecule has 6 heteroatoms. The normalized spacial score (nSPS) is 15.8. The number of carbonyl (C=O) groups is 1. The van der Waals surface area contributed by atoms with Gasteiger partial charge >= 0.3 is 0 Å². The van der Waals surface area contributed by atoms with Gasteiger partial charge in [0.05, 0.1) is 6.54 Å². The van der Waals surface area contributed by atoms with Gasteiger partial charge in [-0.3, -0.25) is 9.79 Å². The molecule has 0 aromatic heterocycles. The smallest absolute Gasteiger partial charge is 0.251 e. The van der Waals surface area contributed by atoms with E-state index in [1.165, 1.54) is 18.6 Å². The lowest BCUT2D eigenvalue weighted by Crippen LogP contribution is -2.41. The lowest BCUT2D eigenvalue weighted by molar-refractivity contribution is 0.0955. The second kappa shape index (κ2) is 7.52. The highest BCUT2D eigenvalue weighted by atomic mass is 16.3. The number of phenols is 1. The Labute approximate surface area is 124 Å². The van der Waals surface area contributed by atoms with Gasteiger partial charge in [-0.2, -0.15) is 0 Å². The molecule has 0 unspecified atom stereocenters. The van der Waals surface area contributed by atoms with E-state index in [4.69, 9.17) is 10.8 Å². The third-order valence-corrected chi connectivity index (χ3v) is 3.48. The summed E-state index contributed by atoms with van der Waals surface area (Å²) in [7, 11) is 0. The zero-order valence-corrected chi connectivity index (χ0v) is 12.1. The molecule has 1 heterocycles. The Balaban J connectivity index is 1.73. The minimum atomic E-state index is -0.179. The maximum Gasteiger partial charge on any atom is 0.251 e. The summed E-state index contributed by atoms with van der Waals surface area (Å²) >= 11 is 0. The summed E-state index contributed by atoms with van der Waals surface area (Å²) in [4.78, 5) is 18.2. The summed E-state index contributed by atoms with van der Waals surface area (Å²) in [5, 5.41) is 11.9. The fraction of sp³-hybridized carbons (Fsp3) is 0.467. The van der Waals surface area contributed by atoms with Crippen LogP contribution in [0.4, 0.5) is 0 Å². The van der Waals surface area contributed by atoms with Crippen molar-refractivity contribution in [3.63, 3.8) is 0 Å². The van der Waals surface area contributed by atoms with Crippen molar-refractivity contribution in [1.82, 2.24) is 10.2 Å². The maximum atomic E-state index is 11.8. The summed E-state index contributed by atoms with van der Waals surface area (Å²) in [6.45, 7) is 2.84. The highest BCUT2D eigenvalue weighted by Gasteiger charge is 2.11. The number of nitrogens with one attached hydrogen (secondary N) is 1. The first kappa shape index (κ1) is 15.2. The second-order valence-corrected chi connectivity index (χ2v) is 5.09. The second-order valence-electron chi connectivity index (χ2n) is 5.09. The van der Waals surface area contributed by atoms with E-state index in [1.807, 2.05) is 0 Å². The van der Waals surface area contributed by atoms with E-state index in [2.05, 4.69) is 15.2 Å². The first-order valence-electron chi connectivity index (χ1n) is 7.29. The molecule has 2 rings (SSSR count). The average Bonchev–Trinajstić information content (AvgIpc) is 2.52. The number of aliphatic imine (C=N–C) groups is 1. The van der Waals surface area contributed by atoms with E-state index < -0.39 is 0 Å². The Morgan fingerprint density at radius 2 is 1.90 bits per heavy atom. The zero-order chi connectivity index (χ0) is 15.1. The van der Waals surface area contributed by atoms with Crippen LogP contribution in [0.25, 0.3) is 0 Å². The minimum absolute atomic E-state index is 0.144. The molecular formula is C15H22N4O2. The molecule has 6 nitrogen and oxygen atoms in total. The van der Waals surface area contributed by atoms with Crippen molar-refractivity contribution in [2.45, 2.75) is 19.3 Å². The molecule has 0 radical (unpaired) electrons. The Kier molecular flexibility index (Phi) is 5.43. The number of benzene rings is 1. The predicted octanol–water partition coefficient (Wildman–Crippen LogP) is 0.923. The van der Waals surface area contributed by atoms with Gasteiger partial charge in [0, 0.05) is 25.2 Å². The van der Waals surface area contributed by atoms with Crippen molar-refractivity contribution in [2.24, 2.45) is 10.7 Å². The topological polar surface area (TPSA) is 90.9 Å². The van der Waals surface area contributed by atoms with Crippen LogP contribution in [0.5, 0.6) is 5.75 Å². The minimum Gasteiger partial charge on any atom is -0.508 e. The van der Waals surface area contributed by atoms with Crippen LogP contribution < -0.4 is 11.1 Å². The maximum absolute atomic E-state index is 11.8. The molecule has 4 N–H and O–H groups in total. The van der Waals surface area contributed by atoms with Crippen molar-refractivity contribution in [2.75, 3.05) is 26.2 Å². The van der Waals surface area contributed by atoms with E-state index in [0.717, 1.165) is 25.9 Å². The van der Waals surface area contributed by atoms with Gasteiger partial charge in [-0.15, -0.1) is 0 Å². The predicted molar refractivity (Wildman–Crippen MR) is 82.4 cm³/mol. The number of hydrogen-bond donors (Lipinski definition) is 3. The number of nitrogens with zero attached hydrogens (tertiary/aromatic N) is 2. The molecule has 1 aliphatic rings. The SMILES string of the molecule is NC(=NCCNC(=O)c1ccc(O)cc1)N1CCCCC1. The van der Waals surface area contributed by atoms with Crippen molar-refractivity contribution < 1.29 is 9.90 Å². The van der Waals surface area contributed by atoms with Crippen molar-refractivity contribution >= 4 is 11.9 Å². The summed E-state index contributed by atoms with van der Waals surface area (Å²) in [6.07, 6.45) is 3.58. The largest absolute Gasteiger partial charge is 0.508 e. The number of piperidine rings is 1. The standard InChI is InChI=1S/C15H22N4O2/c16-15(19-10-2-1-3-11-19)18-9-8-17-14(21)12-4-6-13(20)7-5-12/h4-7,20H,1-3,8-11H2,(H2,16,18)(H,17,21). The lowest BCUT2D eigenvalue weighted by atomic mass is 10.1.